The number of nitrogens with zero attached hydrogens (tertiary/aromatic N) is 1. The number of aromatic carboxylic acids is 1. The summed E-state index contributed by atoms with van der Waals surface area (Å²) in [4.78, 5) is 15.9. The molecule has 168 valence electrons. The molecule has 3 aromatic rings. The Balaban J connectivity index is 1.28. The maximum atomic E-state index is 11.6. The van der Waals surface area contributed by atoms with E-state index in [9.17, 15) is 9.90 Å². The van der Waals surface area contributed by atoms with Crippen LogP contribution in [0.3, 0.4) is 0 Å². The van der Waals surface area contributed by atoms with Crippen molar-refractivity contribution in [2.24, 2.45) is 17.8 Å². The number of nitrogens with one attached hydrogen (secondary N) is 2. The van der Waals surface area contributed by atoms with E-state index in [-0.39, 0.29) is 6.04 Å². The number of carbonyl (C=O) groups is 1. The van der Waals surface area contributed by atoms with Crippen LogP contribution in [0.4, 0.5) is 11.5 Å². The molecule has 5 atom stereocenters. The lowest BCUT2D eigenvalue weighted by Crippen LogP contribution is -2.35. The van der Waals surface area contributed by atoms with Gasteiger partial charge in [0.1, 0.15) is 5.82 Å². The van der Waals surface area contributed by atoms with Gasteiger partial charge in [-0.15, -0.1) is 0 Å². The molecule has 6 rings (SSSR count). The Hall–Kier alpha value is -3.34. The van der Waals surface area contributed by atoms with Crippen LogP contribution < -0.4 is 10.6 Å². The number of carboxylic acid groups (broad SMARTS) is 1. The van der Waals surface area contributed by atoms with Gasteiger partial charge in [0.25, 0.3) is 0 Å². The van der Waals surface area contributed by atoms with E-state index < -0.39 is 5.97 Å². The third kappa shape index (κ3) is 3.65. The third-order valence-corrected chi connectivity index (χ3v) is 8.03. The number of hydrogen-bond acceptors (Lipinski definition) is 4. The van der Waals surface area contributed by atoms with E-state index >= 15 is 0 Å². The molecule has 3 N–H and O–H groups in total. The quantitative estimate of drug-likeness (QED) is 0.457. The molecule has 1 aliphatic heterocycles. The van der Waals surface area contributed by atoms with Gasteiger partial charge in [-0.05, 0) is 96.4 Å². The van der Waals surface area contributed by atoms with E-state index in [2.05, 4.69) is 39.9 Å². The first-order valence-corrected chi connectivity index (χ1v) is 12.0. The van der Waals surface area contributed by atoms with Crippen LogP contribution in [0.1, 0.15) is 58.3 Å². The van der Waals surface area contributed by atoms with Gasteiger partial charge in [0.2, 0.25) is 0 Å². The molecule has 5 nitrogen and oxygen atoms in total. The number of benzene rings is 2. The average Bonchev–Trinajstić information content (AvgIpc) is 3.47. The van der Waals surface area contributed by atoms with Gasteiger partial charge >= 0.3 is 5.97 Å². The first-order valence-electron chi connectivity index (χ1n) is 12.0. The van der Waals surface area contributed by atoms with Crippen molar-refractivity contribution < 1.29 is 9.90 Å². The summed E-state index contributed by atoms with van der Waals surface area (Å²) >= 11 is 0. The van der Waals surface area contributed by atoms with Crippen LogP contribution in [-0.4, -0.2) is 22.6 Å². The van der Waals surface area contributed by atoms with E-state index in [1.807, 2.05) is 36.5 Å². The summed E-state index contributed by atoms with van der Waals surface area (Å²) in [7, 11) is 0. The van der Waals surface area contributed by atoms with Crippen molar-refractivity contribution in [2.75, 3.05) is 17.2 Å². The fourth-order valence-corrected chi connectivity index (χ4v) is 6.69. The number of pyridine rings is 1. The fraction of sp³-hybridized carbons (Fsp3) is 0.357. The van der Waals surface area contributed by atoms with E-state index in [1.165, 1.54) is 36.1 Å². The largest absolute Gasteiger partial charge is 0.478 e. The van der Waals surface area contributed by atoms with Gasteiger partial charge in [-0.3, -0.25) is 0 Å². The molecule has 2 aliphatic carbocycles. The molecule has 2 aromatic carbocycles. The lowest BCUT2D eigenvalue weighted by Gasteiger charge is -2.43. The van der Waals surface area contributed by atoms with E-state index in [0.717, 1.165) is 30.3 Å². The van der Waals surface area contributed by atoms with Crippen molar-refractivity contribution in [3.63, 3.8) is 0 Å². The molecule has 33 heavy (non-hydrogen) atoms. The number of anilines is 2. The molecule has 2 saturated carbocycles. The molecule has 2 heterocycles. The Morgan fingerprint density at radius 2 is 1.97 bits per heavy atom. The van der Waals surface area contributed by atoms with Crippen molar-refractivity contribution in [1.82, 2.24) is 4.98 Å². The Morgan fingerprint density at radius 3 is 2.82 bits per heavy atom. The molecule has 2 fully saturated rings. The lowest BCUT2D eigenvalue weighted by atomic mass is 9.67. The first kappa shape index (κ1) is 20.3. The van der Waals surface area contributed by atoms with Gasteiger partial charge in [-0.2, -0.15) is 0 Å². The second-order valence-corrected chi connectivity index (χ2v) is 9.80. The molecule has 5 unspecified atom stereocenters. The lowest BCUT2D eigenvalue weighted by molar-refractivity contribution is 0.0696. The summed E-state index contributed by atoms with van der Waals surface area (Å²) in [6.45, 7) is 0.855. The molecule has 5 heteroatoms. The summed E-state index contributed by atoms with van der Waals surface area (Å²) in [6, 6.07) is 20.5. The van der Waals surface area contributed by atoms with E-state index in [1.54, 1.807) is 6.07 Å². The maximum Gasteiger partial charge on any atom is 0.335 e. The number of fused-ring (bicyclic) bond motifs is 7. The van der Waals surface area contributed by atoms with Crippen molar-refractivity contribution in [1.29, 1.82) is 0 Å². The predicted molar refractivity (Wildman–Crippen MR) is 130 cm³/mol. The SMILES string of the molecule is O=C(O)c1cccc(C2Nc3ccc(CCNc4ccccn4)cc3C3C4CCC(C4)C23)c1. The Kier molecular flexibility index (Phi) is 5.05. The van der Waals surface area contributed by atoms with Gasteiger partial charge in [0.15, 0.2) is 0 Å². The average molecular weight is 440 g/mol. The zero-order valence-corrected chi connectivity index (χ0v) is 18.6. The molecule has 0 saturated heterocycles. The van der Waals surface area contributed by atoms with Crippen LogP contribution in [0.5, 0.6) is 0 Å². The number of aromatic nitrogens is 1. The molecule has 3 aliphatic rings. The van der Waals surface area contributed by atoms with Crippen LogP contribution in [0.2, 0.25) is 0 Å². The van der Waals surface area contributed by atoms with Crippen LogP contribution in [0.15, 0.2) is 66.9 Å². The smallest absolute Gasteiger partial charge is 0.335 e. The summed E-state index contributed by atoms with van der Waals surface area (Å²) in [5, 5.41) is 16.7. The van der Waals surface area contributed by atoms with Crippen molar-refractivity contribution >= 4 is 17.5 Å². The highest BCUT2D eigenvalue weighted by atomic mass is 16.4. The van der Waals surface area contributed by atoms with Gasteiger partial charge in [-0.25, -0.2) is 9.78 Å². The molecular weight excluding hydrogens is 410 g/mol. The van der Waals surface area contributed by atoms with Crippen molar-refractivity contribution in [2.45, 2.75) is 37.6 Å². The van der Waals surface area contributed by atoms with Crippen LogP contribution in [0.25, 0.3) is 0 Å². The minimum absolute atomic E-state index is 0.175. The zero-order valence-electron chi connectivity index (χ0n) is 18.6. The van der Waals surface area contributed by atoms with Crippen LogP contribution >= 0.6 is 0 Å². The normalized spacial score (nSPS) is 26.8. The Bertz CT molecular complexity index is 1180. The zero-order chi connectivity index (χ0) is 22.4. The summed E-state index contributed by atoms with van der Waals surface area (Å²) < 4.78 is 0. The number of carboxylic acids is 1. The van der Waals surface area contributed by atoms with Crippen molar-refractivity contribution in [3.05, 3.63) is 89.1 Å². The fourth-order valence-electron chi connectivity index (χ4n) is 6.69. The highest BCUT2D eigenvalue weighted by molar-refractivity contribution is 5.87. The minimum Gasteiger partial charge on any atom is -0.478 e. The number of hydrogen-bond donors (Lipinski definition) is 3. The van der Waals surface area contributed by atoms with Gasteiger partial charge < -0.3 is 15.7 Å². The molecule has 2 bridgehead atoms. The van der Waals surface area contributed by atoms with E-state index in [4.69, 9.17) is 0 Å². The highest BCUT2D eigenvalue weighted by Gasteiger charge is 2.53. The van der Waals surface area contributed by atoms with Gasteiger partial charge in [0.05, 0.1) is 11.6 Å². The van der Waals surface area contributed by atoms with E-state index in [0.29, 0.717) is 23.3 Å². The monoisotopic (exact) mass is 439 g/mol. The Morgan fingerprint density at radius 1 is 1.06 bits per heavy atom. The predicted octanol–water partition coefficient (Wildman–Crippen LogP) is 5.73. The number of rotatable bonds is 6. The molecule has 0 radical (unpaired) electrons. The second-order valence-electron chi connectivity index (χ2n) is 9.80. The van der Waals surface area contributed by atoms with Crippen LogP contribution in [-0.2, 0) is 6.42 Å². The molecular formula is C28H29N3O2. The highest BCUT2D eigenvalue weighted by Crippen LogP contribution is 2.63. The Labute approximate surface area is 194 Å². The maximum absolute atomic E-state index is 11.6. The summed E-state index contributed by atoms with van der Waals surface area (Å²) in [5.74, 6) is 2.60. The van der Waals surface area contributed by atoms with Gasteiger partial charge in [0, 0.05) is 18.4 Å². The summed E-state index contributed by atoms with van der Waals surface area (Å²) in [5.41, 5.74) is 5.51. The third-order valence-electron chi connectivity index (χ3n) is 8.03. The minimum atomic E-state index is -0.860. The van der Waals surface area contributed by atoms with Crippen molar-refractivity contribution in [3.8, 4) is 0 Å². The second kappa shape index (κ2) is 8.22. The molecule has 0 spiro atoms. The molecule has 0 amide bonds. The standard InChI is InChI=1S/C28H29N3O2/c32-28(33)21-5-3-4-20(16-21)27-26-19-9-8-18(15-19)25(26)22-14-17(7-10-23(22)31-27)11-13-30-24-6-1-2-12-29-24/h1-7,10,12,14,16,18-19,25-27,31H,8-9,11,13,15H2,(H,29,30)(H,32,33). The first-order chi connectivity index (χ1) is 16.2. The molecule has 1 aromatic heterocycles. The van der Waals surface area contributed by atoms with Crippen LogP contribution in [0, 0.1) is 17.8 Å². The topological polar surface area (TPSA) is 74.2 Å². The van der Waals surface area contributed by atoms with Gasteiger partial charge in [-0.1, -0.05) is 30.3 Å². The summed E-state index contributed by atoms with van der Waals surface area (Å²) in [6.07, 6.45) is 6.69.